The molecule has 0 saturated carbocycles. The van der Waals surface area contributed by atoms with Crippen LogP contribution in [0.3, 0.4) is 0 Å². The Hall–Kier alpha value is -2.13. The molecule has 96 valence electrons. The third kappa shape index (κ3) is 2.13. The molecule has 2 aromatic carbocycles. The highest BCUT2D eigenvalue weighted by molar-refractivity contribution is 5.78. The van der Waals surface area contributed by atoms with E-state index in [9.17, 15) is 9.50 Å². The van der Waals surface area contributed by atoms with Gasteiger partial charge in [0.25, 0.3) is 0 Å². The molecule has 1 N–H and O–H groups in total. The first kappa shape index (κ1) is 11.9. The Bertz CT molecular complexity index is 713. The Morgan fingerprint density at radius 1 is 1.11 bits per heavy atom. The molecule has 3 aromatic rings. The lowest BCUT2D eigenvalue weighted by atomic mass is 10.1. The average molecular weight is 256 g/mol. The lowest BCUT2D eigenvalue weighted by Gasteiger charge is -2.07. The highest BCUT2D eigenvalue weighted by atomic mass is 19.1. The SMILES string of the molecule is Cc1ccc(C(O)c2cc3cccc(F)c3o2)cc1. The normalized spacial score (nSPS) is 12.8. The maximum Gasteiger partial charge on any atom is 0.170 e. The summed E-state index contributed by atoms with van der Waals surface area (Å²) in [4.78, 5) is 0. The van der Waals surface area contributed by atoms with Gasteiger partial charge in [0, 0.05) is 5.39 Å². The molecule has 19 heavy (non-hydrogen) atoms. The summed E-state index contributed by atoms with van der Waals surface area (Å²) in [5.41, 5.74) is 2.03. The number of rotatable bonds is 2. The fourth-order valence-electron chi connectivity index (χ4n) is 2.10. The molecule has 0 saturated heterocycles. The number of furan rings is 1. The molecule has 1 aromatic heterocycles. The molecule has 2 nitrogen and oxygen atoms in total. The van der Waals surface area contributed by atoms with Crippen molar-refractivity contribution in [3.8, 4) is 0 Å². The van der Waals surface area contributed by atoms with Crippen LogP contribution in [-0.2, 0) is 0 Å². The van der Waals surface area contributed by atoms with Gasteiger partial charge in [-0.05, 0) is 24.6 Å². The number of hydrogen-bond acceptors (Lipinski definition) is 2. The molecule has 1 atom stereocenters. The van der Waals surface area contributed by atoms with E-state index >= 15 is 0 Å². The Kier molecular flexibility index (Phi) is 2.84. The van der Waals surface area contributed by atoms with E-state index in [2.05, 4.69) is 0 Å². The Morgan fingerprint density at radius 2 is 1.84 bits per heavy atom. The quantitative estimate of drug-likeness (QED) is 0.752. The van der Waals surface area contributed by atoms with Crippen molar-refractivity contribution in [1.29, 1.82) is 0 Å². The first-order valence-electron chi connectivity index (χ1n) is 6.08. The van der Waals surface area contributed by atoms with E-state index in [0.29, 0.717) is 11.1 Å². The maximum atomic E-state index is 13.5. The summed E-state index contributed by atoms with van der Waals surface area (Å²) in [6.45, 7) is 1.98. The first-order valence-corrected chi connectivity index (χ1v) is 6.08. The summed E-state index contributed by atoms with van der Waals surface area (Å²) in [7, 11) is 0. The summed E-state index contributed by atoms with van der Waals surface area (Å²) in [6.07, 6.45) is -0.882. The van der Waals surface area contributed by atoms with E-state index in [0.717, 1.165) is 11.1 Å². The second-order valence-corrected chi connectivity index (χ2v) is 4.62. The molecule has 3 heteroatoms. The van der Waals surface area contributed by atoms with E-state index in [1.165, 1.54) is 6.07 Å². The van der Waals surface area contributed by atoms with E-state index in [1.807, 2.05) is 31.2 Å². The van der Waals surface area contributed by atoms with Crippen LogP contribution in [0.15, 0.2) is 52.9 Å². The van der Waals surface area contributed by atoms with Crippen molar-refractivity contribution < 1.29 is 13.9 Å². The minimum absolute atomic E-state index is 0.184. The molecule has 0 aliphatic rings. The number of fused-ring (bicyclic) bond motifs is 1. The second kappa shape index (κ2) is 4.52. The lowest BCUT2D eigenvalue weighted by molar-refractivity contribution is 0.192. The summed E-state index contributed by atoms with van der Waals surface area (Å²) >= 11 is 0. The van der Waals surface area contributed by atoms with Crippen molar-refractivity contribution in [2.45, 2.75) is 13.0 Å². The third-order valence-electron chi connectivity index (χ3n) is 3.18. The minimum Gasteiger partial charge on any atom is -0.455 e. The van der Waals surface area contributed by atoms with Gasteiger partial charge in [0.1, 0.15) is 11.9 Å². The molecule has 0 aliphatic carbocycles. The molecule has 0 aliphatic heterocycles. The van der Waals surface area contributed by atoms with E-state index in [1.54, 1.807) is 18.2 Å². The molecule has 1 heterocycles. The van der Waals surface area contributed by atoms with Crippen LogP contribution in [0.2, 0.25) is 0 Å². The van der Waals surface area contributed by atoms with Crippen LogP contribution < -0.4 is 0 Å². The molecule has 1 unspecified atom stereocenters. The number of aliphatic hydroxyl groups excluding tert-OH is 1. The number of aliphatic hydroxyl groups is 1. The van der Waals surface area contributed by atoms with Crippen molar-refractivity contribution >= 4 is 11.0 Å². The monoisotopic (exact) mass is 256 g/mol. The Labute approximate surface area is 110 Å². The number of benzene rings is 2. The van der Waals surface area contributed by atoms with Crippen LogP contribution in [0, 0.1) is 12.7 Å². The highest BCUT2D eigenvalue weighted by Gasteiger charge is 2.16. The van der Waals surface area contributed by atoms with Crippen LogP contribution >= 0.6 is 0 Å². The summed E-state index contributed by atoms with van der Waals surface area (Å²) in [5.74, 6) is -0.0659. The molecule has 0 radical (unpaired) electrons. The van der Waals surface area contributed by atoms with Crippen LogP contribution in [0.5, 0.6) is 0 Å². The van der Waals surface area contributed by atoms with Crippen molar-refractivity contribution in [1.82, 2.24) is 0 Å². The summed E-state index contributed by atoms with van der Waals surface area (Å²) in [5, 5.41) is 10.9. The molecule has 0 fully saturated rings. The zero-order valence-electron chi connectivity index (χ0n) is 10.4. The molecule has 0 amide bonds. The predicted octanol–water partition coefficient (Wildman–Crippen LogP) is 3.96. The first-order chi connectivity index (χ1) is 9.15. The van der Waals surface area contributed by atoms with Crippen molar-refractivity contribution in [2.24, 2.45) is 0 Å². The van der Waals surface area contributed by atoms with Crippen molar-refractivity contribution in [3.63, 3.8) is 0 Å². The molecule has 0 spiro atoms. The van der Waals surface area contributed by atoms with Gasteiger partial charge in [-0.1, -0.05) is 42.0 Å². The van der Waals surface area contributed by atoms with Gasteiger partial charge in [0.15, 0.2) is 11.4 Å². The zero-order chi connectivity index (χ0) is 13.4. The number of halogens is 1. The van der Waals surface area contributed by atoms with Gasteiger partial charge < -0.3 is 9.52 Å². The lowest BCUT2D eigenvalue weighted by Crippen LogP contribution is -1.97. The predicted molar refractivity (Wildman–Crippen MR) is 71.4 cm³/mol. The highest BCUT2D eigenvalue weighted by Crippen LogP contribution is 2.29. The van der Waals surface area contributed by atoms with E-state index in [-0.39, 0.29) is 5.58 Å². The maximum absolute atomic E-state index is 13.5. The van der Waals surface area contributed by atoms with Gasteiger partial charge in [-0.3, -0.25) is 0 Å². The second-order valence-electron chi connectivity index (χ2n) is 4.62. The Balaban J connectivity index is 2.04. The van der Waals surface area contributed by atoms with Crippen LogP contribution in [0.25, 0.3) is 11.0 Å². The van der Waals surface area contributed by atoms with Gasteiger partial charge in [-0.25, -0.2) is 4.39 Å². The van der Waals surface area contributed by atoms with Crippen LogP contribution in [-0.4, -0.2) is 5.11 Å². The smallest absolute Gasteiger partial charge is 0.170 e. The minimum atomic E-state index is -0.882. The average Bonchev–Trinajstić information content (AvgIpc) is 2.84. The van der Waals surface area contributed by atoms with Crippen LogP contribution in [0.1, 0.15) is 23.0 Å². The van der Waals surface area contributed by atoms with Gasteiger partial charge in [0.2, 0.25) is 0 Å². The largest absolute Gasteiger partial charge is 0.455 e. The molecular weight excluding hydrogens is 243 g/mol. The molecular formula is C16H13FO2. The summed E-state index contributed by atoms with van der Waals surface area (Å²) < 4.78 is 19.0. The number of hydrogen-bond donors (Lipinski definition) is 1. The fourth-order valence-corrected chi connectivity index (χ4v) is 2.10. The van der Waals surface area contributed by atoms with Gasteiger partial charge in [-0.15, -0.1) is 0 Å². The van der Waals surface area contributed by atoms with Crippen molar-refractivity contribution in [2.75, 3.05) is 0 Å². The number of para-hydroxylation sites is 1. The third-order valence-corrected chi connectivity index (χ3v) is 3.18. The zero-order valence-corrected chi connectivity index (χ0v) is 10.4. The Morgan fingerprint density at radius 3 is 2.53 bits per heavy atom. The van der Waals surface area contributed by atoms with Gasteiger partial charge in [-0.2, -0.15) is 0 Å². The molecule has 0 bridgehead atoms. The van der Waals surface area contributed by atoms with Gasteiger partial charge >= 0.3 is 0 Å². The van der Waals surface area contributed by atoms with Crippen molar-refractivity contribution in [3.05, 3.63) is 71.2 Å². The van der Waals surface area contributed by atoms with E-state index in [4.69, 9.17) is 4.42 Å². The molecule has 3 rings (SSSR count). The fraction of sp³-hybridized carbons (Fsp3) is 0.125. The summed E-state index contributed by atoms with van der Waals surface area (Å²) in [6, 6.07) is 13.9. The van der Waals surface area contributed by atoms with Gasteiger partial charge in [0.05, 0.1) is 0 Å². The van der Waals surface area contributed by atoms with Crippen LogP contribution in [0.4, 0.5) is 4.39 Å². The van der Waals surface area contributed by atoms with E-state index < -0.39 is 11.9 Å². The number of aryl methyl sites for hydroxylation is 1. The topological polar surface area (TPSA) is 33.4 Å². The standard InChI is InChI=1S/C16H13FO2/c1-10-5-7-11(8-6-10)15(18)14-9-12-3-2-4-13(17)16(12)19-14/h2-9,15,18H,1H3.